The van der Waals surface area contributed by atoms with Gasteiger partial charge in [0.2, 0.25) is 0 Å². The Balaban J connectivity index is 1.47. The van der Waals surface area contributed by atoms with Gasteiger partial charge in [-0.15, -0.1) is 0 Å². The minimum Gasteiger partial charge on any atom is -0.490 e. The van der Waals surface area contributed by atoms with Crippen molar-refractivity contribution in [1.29, 1.82) is 0 Å². The Morgan fingerprint density at radius 1 is 1.03 bits per heavy atom. The molecule has 36 heavy (non-hydrogen) atoms. The maximum atomic E-state index is 14.9. The molecule has 0 spiro atoms. The number of aromatic nitrogens is 2. The monoisotopic (exact) mass is 489 g/mol. The third-order valence-corrected chi connectivity index (χ3v) is 7.37. The molecule has 1 fully saturated rings. The molecule has 0 N–H and O–H groups in total. The second kappa shape index (κ2) is 10.1. The van der Waals surface area contributed by atoms with E-state index >= 15 is 0 Å². The molecule has 1 aliphatic rings. The number of rotatable bonds is 7. The van der Waals surface area contributed by atoms with Crippen LogP contribution in [-0.4, -0.2) is 78.7 Å². The van der Waals surface area contributed by atoms with Gasteiger partial charge in [0.15, 0.2) is 11.6 Å². The van der Waals surface area contributed by atoms with E-state index in [1.165, 1.54) is 5.69 Å². The first kappa shape index (κ1) is 24.5. The Morgan fingerprint density at radius 2 is 1.78 bits per heavy atom. The lowest BCUT2D eigenvalue weighted by molar-refractivity contribution is 0.170. The SMILES string of the molecule is C[C@@H]1CN(c2cccc3nc4ccc(-c5ccc(OCCCN(C)C)c(F)c5)cn4c23)C[C@H](C)N1C. The fourth-order valence-electron chi connectivity index (χ4n) is 5.13. The van der Waals surface area contributed by atoms with Gasteiger partial charge in [-0.2, -0.15) is 0 Å². The molecule has 0 aliphatic carbocycles. The van der Waals surface area contributed by atoms with Crippen molar-refractivity contribution in [3.8, 4) is 16.9 Å². The number of nitrogens with zero attached hydrogens (tertiary/aromatic N) is 5. The average molecular weight is 490 g/mol. The van der Waals surface area contributed by atoms with Gasteiger partial charge in [0.25, 0.3) is 0 Å². The Hall–Kier alpha value is -3.16. The summed E-state index contributed by atoms with van der Waals surface area (Å²) < 4.78 is 22.7. The molecule has 2 atom stereocenters. The summed E-state index contributed by atoms with van der Waals surface area (Å²) in [6.07, 6.45) is 2.93. The lowest BCUT2D eigenvalue weighted by Crippen LogP contribution is -2.55. The standard InChI is InChI=1S/C29H36FN5O/c1-20-17-34(18-21(2)33(20)5)26-9-6-8-25-29(26)35-19-23(11-13-28(35)31-25)22-10-12-27(24(30)16-22)36-15-7-14-32(3)4/h6,8-13,16,19-21H,7,14-15,17-18H2,1-5H3/t20-,21+. The predicted octanol–water partition coefficient (Wildman–Crippen LogP) is 5.15. The fourth-order valence-corrected chi connectivity index (χ4v) is 5.13. The molecule has 4 aromatic rings. The summed E-state index contributed by atoms with van der Waals surface area (Å²) in [6, 6.07) is 16.5. The van der Waals surface area contributed by atoms with Gasteiger partial charge in [-0.1, -0.05) is 12.1 Å². The molecule has 2 aromatic carbocycles. The number of halogens is 1. The van der Waals surface area contributed by atoms with Crippen LogP contribution in [0.25, 0.3) is 27.8 Å². The van der Waals surface area contributed by atoms with Crippen LogP contribution in [0.2, 0.25) is 0 Å². The zero-order valence-corrected chi connectivity index (χ0v) is 21.9. The lowest BCUT2D eigenvalue weighted by Gasteiger charge is -2.43. The second-order valence-corrected chi connectivity index (χ2v) is 10.3. The highest BCUT2D eigenvalue weighted by Gasteiger charge is 2.28. The van der Waals surface area contributed by atoms with Crippen LogP contribution in [0.4, 0.5) is 10.1 Å². The number of imidazole rings is 1. The van der Waals surface area contributed by atoms with Gasteiger partial charge < -0.3 is 14.5 Å². The summed E-state index contributed by atoms with van der Waals surface area (Å²) in [6.45, 7) is 7.89. The van der Waals surface area contributed by atoms with E-state index in [2.05, 4.69) is 64.4 Å². The van der Waals surface area contributed by atoms with Crippen LogP contribution < -0.4 is 9.64 Å². The van der Waals surface area contributed by atoms with Crippen molar-refractivity contribution in [3.63, 3.8) is 0 Å². The first-order valence-electron chi connectivity index (χ1n) is 12.8. The number of pyridine rings is 1. The van der Waals surface area contributed by atoms with E-state index in [1.807, 2.05) is 32.3 Å². The number of ether oxygens (including phenoxy) is 1. The highest BCUT2D eigenvalue weighted by molar-refractivity contribution is 5.92. The van der Waals surface area contributed by atoms with E-state index in [9.17, 15) is 4.39 Å². The number of hydrogen-bond donors (Lipinski definition) is 0. The molecular formula is C29H36FN5O. The summed E-state index contributed by atoms with van der Waals surface area (Å²) in [5, 5.41) is 0. The van der Waals surface area contributed by atoms with Gasteiger partial charge >= 0.3 is 0 Å². The van der Waals surface area contributed by atoms with Gasteiger partial charge in [0, 0.05) is 37.9 Å². The molecule has 6 nitrogen and oxygen atoms in total. The van der Waals surface area contributed by atoms with Gasteiger partial charge in [0.1, 0.15) is 5.65 Å². The van der Waals surface area contributed by atoms with Crippen LogP contribution in [0, 0.1) is 5.82 Å². The molecular weight excluding hydrogens is 453 g/mol. The number of piperazine rings is 1. The maximum Gasteiger partial charge on any atom is 0.165 e. The Kier molecular flexibility index (Phi) is 6.86. The number of likely N-dealkylation sites (N-methyl/N-ethyl adjacent to an activating group) is 1. The molecule has 1 aliphatic heterocycles. The molecule has 5 rings (SSSR count). The zero-order valence-electron chi connectivity index (χ0n) is 21.9. The normalized spacial score (nSPS) is 19.0. The third-order valence-electron chi connectivity index (χ3n) is 7.37. The minimum absolute atomic E-state index is 0.298. The van der Waals surface area contributed by atoms with Crippen molar-refractivity contribution in [2.24, 2.45) is 0 Å². The topological polar surface area (TPSA) is 36.3 Å². The van der Waals surface area contributed by atoms with Gasteiger partial charge in [-0.25, -0.2) is 9.37 Å². The van der Waals surface area contributed by atoms with Crippen molar-refractivity contribution < 1.29 is 9.13 Å². The third kappa shape index (κ3) is 4.77. The van der Waals surface area contributed by atoms with Crippen molar-refractivity contribution in [2.75, 3.05) is 52.3 Å². The fraction of sp³-hybridized carbons (Fsp3) is 0.414. The zero-order chi connectivity index (χ0) is 25.4. The molecule has 2 aromatic heterocycles. The van der Waals surface area contributed by atoms with Crippen LogP contribution in [0.15, 0.2) is 54.7 Å². The number of benzene rings is 2. The van der Waals surface area contributed by atoms with Crippen molar-refractivity contribution in [3.05, 3.63) is 60.5 Å². The molecule has 7 heteroatoms. The molecule has 0 bridgehead atoms. The van der Waals surface area contributed by atoms with E-state index in [-0.39, 0.29) is 5.82 Å². The van der Waals surface area contributed by atoms with Gasteiger partial charge in [-0.05, 0) is 88.9 Å². The Labute approximate surface area is 212 Å². The van der Waals surface area contributed by atoms with E-state index in [4.69, 9.17) is 9.72 Å². The highest BCUT2D eigenvalue weighted by atomic mass is 19.1. The first-order valence-corrected chi connectivity index (χ1v) is 12.8. The van der Waals surface area contributed by atoms with E-state index < -0.39 is 0 Å². The lowest BCUT2D eigenvalue weighted by atomic mass is 10.1. The maximum absolute atomic E-state index is 14.9. The summed E-state index contributed by atoms with van der Waals surface area (Å²) in [5.41, 5.74) is 5.90. The van der Waals surface area contributed by atoms with E-state index in [0.29, 0.717) is 24.4 Å². The molecule has 190 valence electrons. The molecule has 0 radical (unpaired) electrons. The second-order valence-electron chi connectivity index (χ2n) is 10.3. The number of hydrogen-bond acceptors (Lipinski definition) is 5. The summed E-state index contributed by atoms with van der Waals surface area (Å²) in [5.74, 6) is -0.0405. The summed E-state index contributed by atoms with van der Waals surface area (Å²) >= 11 is 0. The van der Waals surface area contributed by atoms with Crippen LogP contribution in [0.5, 0.6) is 5.75 Å². The van der Waals surface area contributed by atoms with Crippen LogP contribution in [0.1, 0.15) is 20.3 Å². The first-order chi connectivity index (χ1) is 17.3. The smallest absolute Gasteiger partial charge is 0.165 e. The van der Waals surface area contributed by atoms with Crippen molar-refractivity contribution in [1.82, 2.24) is 19.2 Å². The van der Waals surface area contributed by atoms with E-state index in [0.717, 1.165) is 53.9 Å². The van der Waals surface area contributed by atoms with Crippen molar-refractivity contribution in [2.45, 2.75) is 32.4 Å². The van der Waals surface area contributed by atoms with E-state index in [1.54, 1.807) is 12.1 Å². The number of para-hydroxylation sites is 1. The quantitative estimate of drug-likeness (QED) is 0.336. The summed E-state index contributed by atoms with van der Waals surface area (Å²) in [4.78, 5) is 11.9. The van der Waals surface area contributed by atoms with Gasteiger partial charge in [0.05, 0.1) is 23.3 Å². The minimum atomic E-state index is -0.339. The molecule has 0 saturated carbocycles. The van der Waals surface area contributed by atoms with Crippen LogP contribution >= 0.6 is 0 Å². The van der Waals surface area contributed by atoms with Crippen molar-refractivity contribution >= 4 is 22.4 Å². The largest absolute Gasteiger partial charge is 0.490 e. The number of fused-ring (bicyclic) bond motifs is 3. The molecule has 1 saturated heterocycles. The molecule has 0 unspecified atom stereocenters. The van der Waals surface area contributed by atoms with Crippen LogP contribution in [0.3, 0.4) is 0 Å². The summed E-state index contributed by atoms with van der Waals surface area (Å²) in [7, 11) is 6.24. The highest BCUT2D eigenvalue weighted by Crippen LogP contribution is 2.32. The van der Waals surface area contributed by atoms with Gasteiger partial charge in [-0.3, -0.25) is 9.30 Å². The Bertz CT molecular complexity index is 1350. The predicted molar refractivity (Wildman–Crippen MR) is 146 cm³/mol. The molecule has 3 heterocycles. The Morgan fingerprint density at radius 3 is 2.50 bits per heavy atom. The average Bonchev–Trinajstić information content (AvgIpc) is 3.23. The number of anilines is 1. The van der Waals surface area contributed by atoms with Crippen LogP contribution in [-0.2, 0) is 0 Å². The molecule has 0 amide bonds.